The third-order valence-electron chi connectivity index (χ3n) is 1.89. The normalized spacial score (nSPS) is 8.57. The maximum absolute atomic E-state index is 10.3. The molecule has 0 aromatic carbocycles. The monoisotopic (exact) mass is 307 g/mol. The summed E-state index contributed by atoms with van der Waals surface area (Å²) in [5.74, 6) is 0.373. The molecule has 1 rings (SSSR count). The largest absolute Gasteiger partial charge is 0.456 e. The first-order valence-electron chi connectivity index (χ1n) is 6.68. The van der Waals surface area contributed by atoms with Crippen LogP contribution in [-0.2, 0) is 16.2 Å². The fourth-order valence-corrected chi connectivity index (χ4v) is 0.937. The summed E-state index contributed by atoms with van der Waals surface area (Å²) in [6, 6.07) is 3.07. The Morgan fingerprint density at radius 2 is 1.90 bits per heavy atom. The van der Waals surface area contributed by atoms with Crippen molar-refractivity contribution in [1.82, 2.24) is 0 Å². The maximum atomic E-state index is 10.3. The molecule has 0 unspecified atom stereocenters. The van der Waals surface area contributed by atoms with Crippen molar-refractivity contribution in [3.05, 3.63) is 23.7 Å². The van der Waals surface area contributed by atoms with Crippen molar-refractivity contribution in [2.24, 2.45) is 0 Å². The van der Waals surface area contributed by atoms with Crippen molar-refractivity contribution in [3.8, 4) is 0 Å². The lowest BCUT2D eigenvalue weighted by Crippen LogP contribution is -2.05. The second-order valence-electron chi connectivity index (χ2n) is 3.48. The third-order valence-corrected chi connectivity index (χ3v) is 1.89. The lowest BCUT2D eigenvalue weighted by molar-refractivity contribution is -0.125. The first kappa shape index (κ1) is 21.4. The Morgan fingerprint density at radius 1 is 1.33 bits per heavy atom. The van der Waals surface area contributed by atoms with E-state index in [0.717, 1.165) is 0 Å². The van der Waals surface area contributed by atoms with Crippen molar-refractivity contribution >= 4 is 17.9 Å². The van der Waals surface area contributed by atoms with Gasteiger partial charge >= 0.3 is 0 Å². The lowest BCUT2D eigenvalue weighted by Gasteiger charge is -1.90. The fraction of sp³-hybridized carbons (Fsp3) is 0.500. The molecule has 0 aliphatic rings. The molecular weight excluding hydrogens is 283 g/mol. The Kier molecular flexibility index (Phi) is 16.5. The van der Waals surface area contributed by atoms with E-state index in [0.29, 0.717) is 19.2 Å². The average molecular weight is 307 g/mol. The number of furan rings is 1. The minimum absolute atomic E-state index is 0.0169. The predicted octanol–water partition coefficient (Wildman–Crippen LogP) is 1.72. The van der Waals surface area contributed by atoms with E-state index < -0.39 is 6.61 Å². The van der Waals surface area contributed by atoms with Crippen molar-refractivity contribution in [2.75, 3.05) is 13.8 Å². The van der Waals surface area contributed by atoms with Crippen LogP contribution < -0.4 is 0 Å². The zero-order chi connectivity index (χ0) is 18.0. The Morgan fingerprint density at radius 3 is 2.19 bits per heavy atom. The number of halogens is 1. The van der Waals surface area contributed by atoms with Crippen LogP contribution in [0.25, 0.3) is 0 Å². The average Bonchev–Trinajstić information content (AvgIpc) is 3.05. The molecule has 0 aliphatic carbocycles. The van der Waals surface area contributed by atoms with Crippen molar-refractivity contribution in [1.29, 1.82) is 0 Å². The van der Waals surface area contributed by atoms with Gasteiger partial charge in [-0.25, -0.2) is 0 Å². The van der Waals surface area contributed by atoms with Crippen LogP contribution in [0.3, 0.4) is 0 Å². The minimum Gasteiger partial charge on any atom is -0.456 e. The van der Waals surface area contributed by atoms with E-state index in [2.05, 4.69) is 0 Å². The minimum atomic E-state index is -0.451. The summed E-state index contributed by atoms with van der Waals surface area (Å²) < 4.78 is 20.0. The molecule has 1 heterocycles. The Balaban J connectivity index is -0.000000267. The molecule has 0 saturated carbocycles. The van der Waals surface area contributed by atoms with E-state index in [1.165, 1.54) is 20.4 Å². The number of ketones is 2. The van der Waals surface area contributed by atoms with E-state index in [9.17, 15) is 18.8 Å². The maximum Gasteiger partial charge on any atom is 0.185 e. The number of aliphatic hydroxyl groups is 2. The molecule has 21 heavy (non-hydrogen) atoms. The summed E-state index contributed by atoms with van der Waals surface area (Å²) in [5.41, 5.74) is 0. The topological polar surface area (TPSA) is 105 Å². The number of hydrogen-bond acceptors (Lipinski definition) is 6. The molecule has 122 valence electrons. The summed E-state index contributed by atoms with van der Waals surface area (Å²) in [5, 5.41) is 16.6. The van der Waals surface area contributed by atoms with Gasteiger partial charge in [-0.2, -0.15) is 0 Å². The van der Waals surface area contributed by atoms with Crippen LogP contribution in [0.1, 0.15) is 44.9 Å². The molecular formula is C14H23FO6. The van der Waals surface area contributed by atoms with Crippen LogP contribution in [0.4, 0.5) is 4.39 Å². The molecule has 0 saturated heterocycles. The molecule has 0 bridgehead atoms. The summed E-state index contributed by atoms with van der Waals surface area (Å²) in [6.07, 6.45) is 1.02. The van der Waals surface area contributed by atoms with Crippen molar-refractivity contribution in [3.63, 3.8) is 0 Å². The summed E-state index contributed by atoms with van der Waals surface area (Å²) in [7, 11) is 1.75. The number of aliphatic hydroxyl groups excluding tert-OH is 2. The van der Waals surface area contributed by atoms with Gasteiger partial charge in [-0.15, -0.1) is 0 Å². The molecule has 0 aliphatic heterocycles. The Hall–Kier alpha value is -1.86. The number of Topliss-reactive ketones (excluding diaryl/α,β-unsaturated/α-hetero) is 2. The highest BCUT2D eigenvalue weighted by Crippen LogP contribution is 2.03. The second-order valence-corrected chi connectivity index (χ2v) is 3.48. The van der Waals surface area contributed by atoms with Crippen LogP contribution in [-0.4, -0.2) is 41.9 Å². The smallest absolute Gasteiger partial charge is 0.185 e. The zero-order valence-electron chi connectivity index (χ0n) is 13.5. The summed E-state index contributed by atoms with van der Waals surface area (Å²) in [4.78, 5) is 30.5. The van der Waals surface area contributed by atoms with Crippen LogP contribution >= 0.6 is 0 Å². The quantitative estimate of drug-likeness (QED) is 0.775. The van der Waals surface area contributed by atoms with Gasteiger partial charge in [0, 0.05) is 14.2 Å². The molecule has 1 aromatic heterocycles. The summed E-state index contributed by atoms with van der Waals surface area (Å²) in [6.45, 7) is 0.811. The third kappa shape index (κ3) is 14.4. The van der Waals surface area contributed by atoms with E-state index in [-0.39, 0.29) is 36.8 Å². The van der Waals surface area contributed by atoms with E-state index in [1.807, 2.05) is 0 Å². The van der Waals surface area contributed by atoms with Gasteiger partial charge < -0.3 is 19.4 Å². The van der Waals surface area contributed by atoms with Crippen LogP contribution in [0.5, 0.6) is 0 Å². The molecule has 0 radical (unpaired) electrons. The molecule has 7 heteroatoms. The standard InChI is InChI=1S/C6H6O3.C6H10O3.CH3F.CH4/c7-3-5-1-2-6(4-8)9-5;1-5(8)2-3-6(9)4-7;1-2;/h1-3,8H,4H2;7H,2-4H2,1H3;1H3;1H4/i;;;1D. The fourth-order valence-electron chi connectivity index (χ4n) is 0.937. The number of rotatable bonds is 6. The number of alkyl halides is 1. The van der Waals surface area contributed by atoms with Crippen LogP contribution in [0.15, 0.2) is 16.5 Å². The SMILES string of the molecule is CC(=O)CCC(=O)CO.CF.O=Cc1ccc(CO)o1.[2H]C. The van der Waals surface area contributed by atoms with Crippen molar-refractivity contribution in [2.45, 2.75) is 33.8 Å². The van der Waals surface area contributed by atoms with Crippen molar-refractivity contribution < 1.29 is 34.8 Å². The Bertz CT molecular complexity index is 406. The molecule has 0 atom stereocenters. The van der Waals surface area contributed by atoms with Gasteiger partial charge in [0.05, 0.1) is 7.18 Å². The van der Waals surface area contributed by atoms with Gasteiger partial charge in [-0.1, -0.05) is 7.40 Å². The summed E-state index contributed by atoms with van der Waals surface area (Å²) >= 11 is 0. The number of carbonyl (C=O) groups excluding carboxylic acids is 3. The highest BCUT2D eigenvalue weighted by molar-refractivity contribution is 5.85. The number of hydrogen-bond donors (Lipinski definition) is 2. The van der Waals surface area contributed by atoms with E-state index >= 15 is 0 Å². The van der Waals surface area contributed by atoms with Gasteiger partial charge in [0.2, 0.25) is 0 Å². The second kappa shape index (κ2) is 16.2. The molecule has 1 aromatic rings. The number of aldehydes is 1. The van der Waals surface area contributed by atoms with Crippen LogP contribution in [0.2, 0.25) is 0 Å². The van der Waals surface area contributed by atoms with Gasteiger partial charge in [0.15, 0.2) is 17.8 Å². The highest BCUT2D eigenvalue weighted by Gasteiger charge is 2.00. The first-order valence-corrected chi connectivity index (χ1v) is 5.68. The molecule has 0 fully saturated rings. The molecule has 2 N–H and O–H groups in total. The predicted molar refractivity (Wildman–Crippen MR) is 75.8 cm³/mol. The van der Waals surface area contributed by atoms with E-state index in [4.69, 9.17) is 16.0 Å². The van der Waals surface area contributed by atoms with Gasteiger partial charge in [0.25, 0.3) is 0 Å². The lowest BCUT2D eigenvalue weighted by atomic mass is 10.2. The number of carbonyl (C=O) groups is 3. The van der Waals surface area contributed by atoms with Gasteiger partial charge in [-0.05, 0) is 19.1 Å². The molecule has 6 nitrogen and oxygen atoms in total. The van der Waals surface area contributed by atoms with Crippen LogP contribution in [0, 0.1) is 0 Å². The zero-order valence-corrected chi connectivity index (χ0v) is 12.5. The Labute approximate surface area is 125 Å². The highest BCUT2D eigenvalue weighted by atomic mass is 19.1. The molecule has 0 spiro atoms. The first-order chi connectivity index (χ1) is 10.5. The van der Waals surface area contributed by atoms with Gasteiger partial charge in [-0.3, -0.25) is 14.0 Å². The van der Waals surface area contributed by atoms with Gasteiger partial charge in [0.1, 0.15) is 24.8 Å². The molecule has 0 amide bonds. The van der Waals surface area contributed by atoms with E-state index in [1.54, 1.807) is 6.07 Å².